The number of ether oxygens (including phenoxy) is 2. The second-order valence-corrected chi connectivity index (χ2v) is 8.65. The van der Waals surface area contributed by atoms with E-state index in [9.17, 15) is 0 Å². The molecule has 1 aromatic heterocycles. The van der Waals surface area contributed by atoms with E-state index < -0.39 is 0 Å². The van der Waals surface area contributed by atoms with Gasteiger partial charge in [-0.15, -0.1) is 22.9 Å². The van der Waals surface area contributed by atoms with E-state index in [0.29, 0.717) is 5.88 Å². The van der Waals surface area contributed by atoms with Crippen LogP contribution in [0.1, 0.15) is 33.4 Å². The maximum absolute atomic E-state index is 5.97. The van der Waals surface area contributed by atoms with Crippen molar-refractivity contribution in [2.24, 2.45) is 0 Å². The molecule has 2 aromatic rings. The van der Waals surface area contributed by atoms with E-state index in [0.717, 1.165) is 43.9 Å². The molecule has 3 nitrogen and oxygen atoms in total. The third-order valence-electron chi connectivity index (χ3n) is 5.72. The minimum absolute atomic E-state index is 0.0568. The molecule has 2 aliphatic rings. The smallest absolute Gasteiger partial charge is 0.165 e. The zero-order valence-electron chi connectivity index (χ0n) is 15.0. The number of hydrogen-bond acceptors (Lipinski definition) is 4. The molecule has 1 unspecified atom stereocenters. The average molecular weight is 378 g/mol. The van der Waals surface area contributed by atoms with Gasteiger partial charge in [0.15, 0.2) is 11.5 Å². The van der Waals surface area contributed by atoms with Crippen LogP contribution in [-0.4, -0.2) is 31.5 Å². The lowest BCUT2D eigenvalue weighted by atomic mass is 9.76. The molecular weight excluding hydrogens is 354 g/mol. The lowest BCUT2D eigenvalue weighted by molar-refractivity contribution is 0.0683. The van der Waals surface area contributed by atoms with Gasteiger partial charge in [-0.1, -0.05) is 6.07 Å². The zero-order valence-corrected chi connectivity index (χ0v) is 16.6. The summed E-state index contributed by atoms with van der Waals surface area (Å²) in [4.78, 5) is 5.57. The molecule has 0 amide bonds. The molecule has 134 valence electrons. The molecular formula is C20H24ClNO2S. The van der Waals surface area contributed by atoms with E-state index in [1.165, 1.54) is 21.6 Å². The third kappa shape index (κ3) is 2.66. The molecule has 0 saturated carbocycles. The van der Waals surface area contributed by atoms with Crippen LogP contribution in [0.3, 0.4) is 0 Å². The molecule has 2 aliphatic heterocycles. The van der Waals surface area contributed by atoms with Crippen LogP contribution in [0.25, 0.3) is 0 Å². The van der Waals surface area contributed by atoms with E-state index in [4.69, 9.17) is 21.1 Å². The molecule has 4 rings (SSSR count). The van der Waals surface area contributed by atoms with Crippen LogP contribution in [0.4, 0.5) is 0 Å². The van der Waals surface area contributed by atoms with Crippen LogP contribution >= 0.6 is 22.9 Å². The fourth-order valence-electron chi connectivity index (χ4n) is 4.39. The van der Waals surface area contributed by atoms with Crippen LogP contribution in [0.5, 0.6) is 11.5 Å². The highest BCUT2D eigenvalue weighted by atomic mass is 35.5. The lowest BCUT2D eigenvalue weighted by Crippen LogP contribution is -2.51. The molecule has 1 aromatic carbocycles. The van der Waals surface area contributed by atoms with Crippen molar-refractivity contribution in [3.63, 3.8) is 0 Å². The standard InChI is InChI=1S/C20H24ClNO2S/c1-20-11-13-4-5-17(23-2)19(24-3)15(13)12-22(20)9-7-18-16(20)10-14(25-18)6-8-21/h4-5,10H,6-9,11-12H2,1-3H3. The molecule has 1 atom stereocenters. The predicted octanol–water partition coefficient (Wildman–Crippen LogP) is 4.38. The van der Waals surface area contributed by atoms with Gasteiger partial charge in [-0.25, -0.2) is 0 Å². The molecule has 3 heterocycles. The molecule has 5 heteroatoms. The third-order valence-corrected chi connectivity index (χ3v) is 7.16. The Kier molecular flexibility index (Phi) is 4.47. The first kappa shape index (κ1) is 17.2. The van der Waals surface area contributed by atoms with Gasteiger partial charge in [-0.05, 0) is 49.4 Å². The SMILES string of the molecule is COc1ccc2c(c1OC)CN1CCc3sc(CCCl)cc3C1(C)C2. The molecule has 0 bridgehead atoms. The van der Waals surface area contributed by atoms with Gasteiger partial charge in [0, 0.05) is 39.8 Å². The number of halogens is 1. The normalized spacial score (nSPS) is 22.1. The van der Waals surface area contributed by atoms with Crippen molar-refractivity contribution in [1.29, 1.82) is 0 Å². The van der Waals surface area contributed by atoms with Crippen LogP contribution < -0.4 is 9.47 Å². The average Bonchev–Trinajstić information content (AvgIpc) is 3.03. The highest BCUT2D eigenvalue weighted by Crippen LogP contribution is 2.48. The maximum Gasteiger partial charge on any atom is 0.165 e. The molecule has 0 aliphatic carbocycles. The van der Waals surface area contributed by atoms with E-state index in [1.54, 1.807) is 19.1 Å². The number of alkyl halides is 1. The fraction of sp³-hybridized carbons (Fsp3) is 0.500. The van der Waals surface area contributed by atoms with Crippen LogP contribution in [0.15, 0.2) is 18.2 Å². The Morgan fingerprint density at radius 3 is 2.84 bits per heavy atom. The number of aryl methyl sites for hydroxylation is 1. The Morgan fingerprint density at radius 2 is 2.12 bits per heavy atom. The van der Waals surface area contributed by atoms with E-state index in [-0.39, 0.29) is 5.54 Å². The second kappa shape index (κ2) is 6.49. The van der Waals surface area contributed by atoms with Crippen molar-refractivity contribution in [2.75, 3.05) is 26.6 Å². The summed E-state index contributed by atoms with van der Waals surface area (Å²) in [6.07, 6.45) is 3.10. The second-order valence-electron chi connectivity index (χ2n) is 7.05. The predicted molar refractivity (Wildman–Crippen MR) is 103 cm³/mol. The summed E-state index contributed by atoms with van der Waals surface area (Å²) >= 11 is 7.92. The number of thiophene rings is 1. The highest BCUT2D eigenvalue weighted by molar-refractivity contribution is 7.12. The molecule has 25 heavy (non-hydrogen) atoms. The van der Waals surface area contributed by atoms with Crippen LogP contribution in [0.2, 0.25) is 0 Å². The molecule has 0 fully saturated rings. The van der Waals surface area contributed by atoms with Gasteiger partial charge in [0.1, 0.15) is 0 Å². The number of rotatable bonds is 4. The van der Waals surface area contributed by atoms with Crippen LogP contribution in [-0.2, 0) is 31.3 Å². The van der Waals surface area contributed by atoms with Gasteiger partial charge in [0.05, 0.1) is 14.2 Å². The number of nitrogens with zero attached hydrogens (tertiary/aromatic N) is 1. The Morgan fingerprint density at radius 1 is 1.28 bits per heavy atom. The molecule has 0 saturated heterocycles. The minimum atomic E-state index is 0.0568. The largest absolute Gasteiger partial charge is 0.493 e. The fourth-order valence-corrected chi connectivity index (χ4v) is 5.98. The Hall–Kier alpha value is -1.23. The summed E-state index contributed by atoms with van der Waals surface area (Å²) in [5.41, 5.74) is 4.21. The molecule has 0 radical (unpaired) electrons. The Bertz CT molecular complexity index is 803. The van der Waals surface area contributed by atoms with Crippen LogP contribution in [0, 0.1) is 0 Å². The first-order chi connectivity index (χ1) is 12.1. The lowest BCUT2D eigenvalue weighted by Gasteiger charge is -2.49. The quantitative estimate of drug-likeness (QED) is 0.738. The highest BCUT2D eigenvalue weighted by Gasteiger charge is 2.44. The van der Waals surface area contributed by atoms with E-state index in [1.807, 2.05) is 17.4 Å². The van der Waals surface area contributed by atoms with Crippen molar-refractivity contribution in [3.05, 3.63) is 44.6 Å². The topological polar surface area (TPSA) is 21.7 Å². The van der Waals surface area contributed by atoms with E-state index in [2.05, 4.69) is 24.0 Å². The van der Waals surface area contributed by atoms with Gasteiger partial charge in [-0.2, -0.15) is 0 Å². The summed E-state index contributed by atoms with van der Waals surface area (Å²) in [5, 5.41) is 0. The van der Waals surface area contributed by atoms with Gasteiger partial charge < -0.3 is 9.47 Å². The Balaban J connectivity index is 1.78. The maximum atomic E-state index is 5.97. The first-order valence-electron chi connectivity index (χ1n) is 8.76. The molecule has 0 N–H and O–H groups in total. The Labute approximate surface area is 158 Å². The number of hydrogen-bond donors (Lipinski definition) is 0. The minimum Gasteiger partial charge on any atom is -0.493 e. The molecule has 0 spiro atoms. The van der Waals surface area contributed by atoms with Crippen molar-refractivity contribution in [3.8, 4) is 11.5 Å². The van der Waals surface area contributed by atoms with Crippen molar-refractivity contribution in [2.45, 2.75) is 38.3 Å². The summed E-state index contributed by atoms with van der Waals surface area (Å²) in [6, 6.07) is 6.65. The first-order valence-corrected chi connectivity index (χ1v) is 10.1. The summed E-state index contributed by atoms with van der Waals surface area (Å²) in [7, 11) is 3.44. The van der Waals surface area contributed by atoms with Crippen molar-refractivity contribution < 1.29 is 9.47 Å². The number of methoxy groups -OCH3 is 2. The summed E-state index contributed by atoms with van der Waals surface area (Å²) in [5.74, 6) is 2.41. The van der Waals surface area contributed by atoms with Crippen molar-refractivity contribution in [1.82, 2.24) is 4.90 Å². The number of benzene rings is 1. The van der Waals surface area contributed by atoms with E-state index >= 15 is 0 Å². The zero-order chi connectivity index (χ0) is 17.6. The van der Waals surface area contributed by atoms with Gasteiger partial charge >= 0.3 is 0 Å². The van der Waals surface area contributed by atoms with Gasteiger partial charge in [0.2, 0.25) is 0 Å². The summed E-state index contributed by atoms with van der Waals surface area (Å²) < 4.78 is 11.2. The monoisotopic (exact) mass is 377 g/mol. The van der Waals surface area contributed by atoms with Gasteiger partial charge in [0.25, 0.3) is 0 Å². The summed E-state index contributed by atoms with van der Waals surface area (Å²) in [6.45, 7) is 4.39. The van der Waals surface area contributed by atoms with Crippen molar-refractivity contribution >= 4 is 22.9 Å². The number of fused-ring (bicyclic) bond motifs is 4. The van der Waals surface area contributed by atoms with Gasteiger partial charge in [-0.3, -0.25) is 4.90 Å².